The number of hydrogen-bond acceptors (Lipinski definition) is 11. The van der Waals surface area contributed by atoms with Crippen molar-refractivity contribution in [1.29, 1.82) is 0 Å². The molecule has 5 N–H and O–H groups in total. The van der Waals surface area contributed by atoms with E-state index in [2.05, 4.69) is 6.58 Å². The smallest absolute Gasteiger partial charge is 0.344 e. The first-order chi connectivity index (χ1) is 19.0. The van der Waals surface area contributed by atoms with E-state index in [4.69, 9.17) is 18.9 Å². The topological polar surface area (TPSA) is 223 Å². The van der Waals surface area contributed by atoms with Crippen molar-refractivity contribution in [1.82, 2.24) is 0 Å². The number of rotatable bonds is 12. The summed E-state index contributed by atoms with van der Waals surface area (Å²) in [6.07, 6.45) is -8.69. The lowest BCUT2D eigenvalue weighted by Gasteiger charge is -2.48. The van der Waals surface area contributed by atoms with Crippen LogP contribution in [0, 0.1) is 5.92 Å². The van der Waals surface area contributed by atoms with Gasteiger partial charge < -0.3 is 44.5 Å². The average Bonchev–Trinajstić information content (AvgIpc) is 3.09. The van der Waals surface area contributed by atoms with E-state index < -0.39 is 77.7 Å². The molecule has 2 fully saturated rings. The van der Waals surface area contributed by atoms with Crippen LogP contribution in [0.2, 0.25) is 0 Å². The van der Waals surface area contributed by atoms with Crippen LogP contribution in [0.5, 0.6) is 0 Å². The van der Waals surface area contributed by atoms with Gasteiger partial charge in [0, 0.05) is 26.2 Å². The summed E-state index contributed by atoms with van der Waals surface area (Å²) in [7, 11) is 0. The first-order valence-corrected chi connectivity index (χ1v) is 12.6. The summed E-state index contributed by atoms with van der Waals surface area (Å²) in [5, 5.41) is 52.0. The van der Waals surface area contributed by atoms with Gasteiger partial charge in [-0.15, -0.1) is 0 Å². The van der Waals surface area contributed by atoms with Gasteiger partial charge in [-0.1, -0.05) is 43.8 Å². The molecule has 2 unspecified atom stereocenters. The number of ether oxygens (including phenoxy) is 4. The van der Waals surface area contributed by atoms with Gasteiger partial charge in [-0.3, -0.25) is 9.59 Å². The lowest BCUT2D eigenvalue weighted by Crippen LogP contribution is -2.78. The molecule has 14 nitrogen and oxygen atoms in total. The van der Waals surface area contributed by atoms with Crippen LogP contribution in [-0.4, -0.2) is 96.8 Å². The summed E-state index contributed by atoms with van der Waals surface area (Å²) in [5.74, 6) is -11.4. The zero-order valence-electron chi connectivity index (χ0n) is 22.5. The average molecular weight is 581 g/mol. The van der Waals surface area contributed by atoms with Gasteiger partial charge in [0.25, 0.3) is 0 Å². The number of carboxylic acids is 3. The Bertz CT molecular complexity index is 1230. The van der Waals surface area contributed by atoms with Crippen molar-refractivity contribution in [3.05, 3.63) is 48.0 Å². The van der Waals surface area contributed by atoms with Gasteiger partial charge in [-0.05, 0) is 24.0 Å². The van der Waals surface area contributed by atoms with E-state index in [0.717, 1.165) is 12.5 Å². The number of carbonyl (C=O) groups excluding carboxylic acids is 2. The number of aliphatic hydroxyl groups excluding tert-OH is 1. The van der Waals surface area contributed by atoms with Crippen LogP contribution in [0.15, 0.2) is 42.5 Å². The van der Waals surface area contributed by atoms with Gasteiger partial charge in [0.2, 0.25) is 23.1 Å². The quantitative estimate of drug-likeness (QED) is 0.165. The fourth-order valence-electron chi connectivity index (χ4n) is 5.48. The summed E-state index contributed by atoms with van der Waals surface area (Å²) in [4.78, 5) is 60.6. The highest BCUT2D eigenvalue weighted by atomic mass is 16.8. The Kier molecular flexibility index (Phi) is 8.93. The highest BCUT2D eigenvalue weighted by Crippen LogP contribution is 2.55. The van der Waals surface area contributed by atoms with Crippen LogP contribution in [-0.2, 0) is 49.3 Å². The number of benzene rings is 1. The van der Waals surface area contributed by atoms with E-state index in [-0.39, 0.29) is 17.9 Å². The second-order valence-electron chi connectivity index (χ2n) is 10.2. The SMILES string of the molecule is C=C(CC[C@@]12O[C@H](C(=O)O)[C@@](O)(C(=O)O)[C@@](C(=O)O)(O1)[C@H](OC(C)=O)[C@H]2O)C(OC(C)=O)C(C)Cc1ccccc1. The molecular weight excluding hydrogens is 548 g/mol. The number of esters is 2. The third-order valence-electron chi connectivity index (χ3n) is 7.30. The van der Waals surface area contributed by atoms with Crippen molar-refractivity contribution in [3.63, 3.8) is 0 Å². The fraction of sp³-hybridized carbons (Fsp3) is 0.519. The van der Waals surface area contributed by atoms with Crippen molar-refractivity contribution in [2.45, 2.75) is 81.4 Å². The third-order valence-corrected chi connectivity index (χ3v) is 7.30. The van der Waals surface area contributed by atoms with E-state index in [1.807, 2.05) is 30.3 Å². The Morgan fingerprint density at radius 2 is 1.63 bits per heavy atom. The number of carbonyl (C=O) groups is 5. The van der Waals surface area contributed by atoms with Gasteiger partial charge in [0.15, 0.2) is 6.10 Å². The van der Waals surface area contributed by atoms with Crippen molar-refractivity contribution >= 4 is 29.8 Å². The second kappa shape index (κ2) is 11.6. The predicted molar refractivity (Wildman–Crippen MR) is 134 cm³/mol. The predicted octanol–water partition coefficient (Wildman–Crippen LogP) is 0.275. The molecule has 0 aliphatic carbocycles. The first-order valence-electron chi connectivity index (χ1n) is 12.6. The fourth-order valence-corrected chi connectivity index (χ4v) is 5.48. The standard InChI is InChI=1S/C27H32O14/c1-13(18(38-15(3)28)14(2)12-17-8-6-5-7-9-17)10-11-25-19(30)20(39-16(4)29)27(41-25,24(35)36)26(37,23(33)34)21(40-25)22(31)32/h5-9,14,18-21,30,37H,1,10-12H2,2-4H3,(H,31,32)(H,33,34)(H,35,36)/t14?,18?,19-,20-,21-,25-,26-,27-/m1/s1. The largest absolute Gasteiger partial charge is 0.479 e. The zero-order valence-corrected chi connectivity index (χ0v) is 22.5. The molecule has 1 aromatic carbocycles. The molecule has 2 bridgehead atoms. The summed E-state index contributed by atoms with van der Waals surface area (Å²) in [6, 6.07) is 9.25. The molecule has 2 saturated heterocycles. The van der Waals surface area contributed by atoms with Crippen LogP contribution >= 0.6 is 0 Å². The molecule has 0 saturated carbocycles. The number of fused-ring (bicyclic) bond motifs is 2. The van der Waals surface area contributed by atoms with Gasteiger partial charge in [-0.25, -0.2) is 14.4 Å². The van der Waals surface area contributed by atoms with Gasteiger partial charge in [0.1, 0.15) is 12.2 Å². The summed E-state index contributed by atoms with van der Waals surface area (Å²) < 4.78 is 21.3. The van der Waals surface area contributed by atoms with E-state index >= 15 is 0 Å². The highest BCUT2D eigenvalue weighted by Gasteiger charge is 2.85. The Balaban J connectivity index is 2.01. The molecule has 8 atom stereocenters. The molecule has 0 spiro atoms. The summed E-state index contributed by atoms with van der Waals surface area (Å²) in [6.45, 7) is 7.77. The zero-order chi connectivity index (χ0) is 30.9. The molecule has 41 heavy (non-hydrogen) atoms. The third kappa shape index (κ3) is 5.43. The monoisotopic (exact) mass is 580 g/mol. The number of carboxylic acid groups (broad SMARTS) is 3. The molecule has 0 radical (unpaired) electrons. The van der Waals surface area contributed by atoms with E-state index in [1.54, 1.807) is 6.92 Å². The Morgan fingerprint density at radius 3 is 2.12 bits per heavy atom. The Hall–Kier alpha value is -3.85. The highest BCUT2D eigenvalue weighted by molar-refractivity contribution is 5.98. The Labute approximate surface area is 234 Å². The minimum Gasteiger partial charge on any atom is -0.479 e. The minimum atomic E-state index is -3.85. The van der Waals surface area contributed by atoms with Gasteiger partial charge >= 0.3 is 29.8 Å². The molecule has 1 aromatic rings. The van der Waals surface area contributed by atoms with Crippen molar-refractivity contribution in [2.75, 3.05) is 0 Å². The molecular formula is C27H32O14. The first kappa shape index (κ1) is 31.7. The number of aliphatic hydroxyl groups is 2. The molecule has 2 heterocycles. The van der Waals surface area contributed by atoms with Crippen LogP contribution in [0.3, 0.4) is 0 Å². The van der Waals surface area contributed by atoms with Crippen LogP contribution < -0.4 is 0 Å². The second-order valence-corrected chi connectivity index (χ2v) is 10.2. The van der Waals surface area contributed by atoms with E-state index in [0.29, 0.717) is 6.42 Å². The molecule has 2 aliphatic heterocycles. The lowest BCUT2D eigenvalue weighted by atomic mass is 9.74. The number of aliphatic carboxylic acids is 3. The van der Waals surface area contributed by atoms with Crippen molar-refractivity contribution < 1.29 is 68.5 Å². The van der Waals surface area contributed by atoms with Gasteiger partial charge in [0.05, 0.1) is 0 Å². The summed E-state index contributed by atoms with van der Waals surface area (Å²) >= 11 is 0. The summed E-state index contributed by atoms with van der Waals surface area (Å²) in [5.41, 5.74) is -6.17. The van der Waals surface area contributed by atoms with Gasteiger partial charge in [-0.2, -0.15) is 0 Å². The van der Waals surface area contributed by atoms with Crippen LogP contribution in [0.25, 0.3) is 0 Å². The van der Waals surface area contributed by atoms with Crippen LogP contribution in [0.1, 0.15) is 39.2 Å². The maximum atomic E-state index is 12.6. The molecule has 224 valence electrons. The molecule has 3 rings (SSSR count). The van der Waals surface area contributed by atoms with Crippen LogP contribution in [0.4, 0.5) is 0 Å². The molecule has 2 aliphatic rings. The normalized spacial score (nSPS) is 31.9. The lowest BCUT2D eigenvalue weighted by molar-refractivity contribution is -0.374. The van der Waals surface area contributed by atoms with Crippen molar-refractivity contribution in [2.24, 2.45) is 5.92 Å². The molecule has 0 aromatic heterocycles. The molecule has 0 amide bonds. The van der Waals surface area contributed by atoms with E-state index in [9.17, 15) is 49.5 Å². The maximum Gasteiger partial charge on any atom is 0.344 e. The molecule has 14 heteroatoms. The number of hydrogen-bond donors (Lipinski definition) is 5. The maximum absolute atomic E-state index is 12.6. The minimum absolute atomic E-state index is 0.228. The van der Waals surface area contributed by atoms with E-state index in [1.165, 1.54) is 6.92 Å². The Morgan fingerprint density at radius 1 is 1.02 bits per heavy atom. The van der Waals surface area contributed by atoms with Crippen molar-refractivity contribution in [3.8, 4) is 0 Å².